The molecule has 0 aliphatic carbocycles. The van der Waals surface area contributed by atoms with E-state index in [9.17, 15) is 4.39 Å². The van der Waals surface area contributed by atoms with Gasteiger partial charge in [0, 0.05) is 25.1 Å². The highest BCUT2D eigenvalue weighted by Gasteiger charge is 2.06. The summed E-state index contributed by atoms with van der Waals surface area (Å²) in [6, 6.07) is 6.05. The van der Waals surface area contributed by atoms with Gasteiger partial charge in [0.1, 0.15) is 12.1 Å². The fourth-order valence-corrected chi connectivity index (χ4v) is 1.88. The maximum atomic E-state index is 12.9. The lowest BCUT2D eigenvalue weighted by Gasteiger charge is -2.03. The van der Waals surface area contributed by atoms with Crippen LogP contribution in [-0.2, 0) is 6.42 Å². The number of halogens is 2. The summed E-state index contributed by atoms with van der Waals surface area (Å²) in [6.45, 7) is 3.49. The normalized spacial score (nSPS) is 11.1. The van der Waals surface area contributed by atoms with Gasteiger partial charge in [0.2, 0.25) is 5.89 Å². The van der Waals surface area contributed by atoms with Crippen LogP contribution in [0.1, 0.15) is 25.5 Å². The Morgan fingerprint density at radius 3 is 2.78 bits per heavy atom. The molecule has 0 aliphatic rings. The number of aromatic nitrogens is 1. The molecule has 23 heavy (non-hydrogen) atoms. The lowest BCUT2D eigenvalue weighted by atomic mass is 10.2. The molecule has 1 aromatic carbocycles. The van der Waals surface area contributed by atoms with E-state index in [4.69, 9.17) is 10.2 Å². The van der Waals surface area contributed by atoms with Crippen LogP contribution in [0.25, 0.3) is 11.5 Å². The first-order valence-electron chi connectivity index (χ1n) is 7.43. The summed E-state index contributed by atoms with van der Waals surface area (Å²) >= 11 is 0. The number of nitrogens with zero attached hydrogens (tertiary/aromatic N) is 2. The van der Waals surface area contributed by atoms with Gasteiger partial charge in [-0.3, -0.25) is 4.99 Å². The molecular formula is C16H22FIN4O. The van der Waals surface area contributed by atoms with Crippen LogP contribution in [0.15, 0.2) is 39.9 Å². The summed E-state index contributed by atoms with van der Waals surface area (Å²) in [5.41, 5.74) is 7.31. The van der Waals surface area contributed by atoms with E-state index in [-0.39, 0.29) is 29.8 Å². The summed E-state index contributed by atoms with van der Waals surface area (Å²) in [6.07, 6.45) is 4.41. The zero-order valence-electron chi connectivity index (χ0n) is 13.1. The average molecular weight is 432 g/mol. The molecule has 2 rings (SSSR count). The average Bonchev–Trinajstić information content (AvgIpc) is 2.97. The van der Waals surface area contributed by atoms with Crippen molar-refractivity contribution in [2.75, 3.05) is 13.1 Å². The van der Waals surface area contributed by atoms with Crippen LogP contribution in [0.3, 0.4) is 0 Å². The Morgan fingerprint density at radius 1 is 1.35 bits per heavy atom. The first-order chi connectivity index (χ1) is 10.7. The molecule has 0 unspecified atom stereocenters. The molecule has 0 atom stereocenters. The highest BCUT2D eigenvalue weighted by Crippen LogP contribution is 2.18. The predicted molar refractivity (Wildman–Crippen MR) is 100 cm³/mol. The molecule has 0 spiro atoms. The number of benzene rings is 1. The van der Waals surface area contributed by atoms with Gasteiger partial charge in [-0.25, -0.2) is 9.37 Å². The SMILES string of the molecule is CCCCN=C(N)NCCc1coc(-c2ccc(F)cc2)n1.I. The van der Waals surface area contributed by atoms with Crippen LogP contribution in [0.2, 0.25) is 0 Å². The molecular weight excluding hydrogens is 410 g/mol. The molecule has 2 aromatic rings. The van der Waals surface area contributed by atoms with E-state index in [1.165, 1.54) is 12.1 Å². The molecule has 126 valence electrons. The first kappa shape index (κ1) is 19.4. The monoisotopic (exact) mass is 432 g/mol. The zero-order chi connectivity index (χ0) is 15.8. The van der Waals surface area contributed by atoms with Crippen molar-refractivity contribution in [2.24, 2.45) is 10.7 Å². The number of hydrogen-bond acceptors (Lipinski definition) is 3. The van der Waals surface area contributed by atoms with Gasteiger partial charge >= 0.3 is 0 Å². The number of oxazole rings is 1. The van der Waals surface area contributed by atoms with E-state index in [0.29, 0.717) is 24.8 Å². The Morgan fingerprint density at radius 2 is 2.09 bits per heavy atom. The molecule has 7 heteroatoms. The summed E-state index contributed by atoms with van der Waals surface area (Å²) in [5, 5.41) is 3.04. The van der Waals surface area contributed by atoms with Crippen LogP contribution in [-0.4, -0.2) is 24.0 Å². The molecule has 1 heterocycles. The van der Waals surface area contributed by atoms with Gasteiger partial charge in [-0.15, -0.1) is 24.0 Å². The third-order valence-electron chi connectivity index (χ3n) is 3.12. The molecule has 0 amide bonds. The van der Waals surface area contributed by atoms with Gasteiger partial charge in [-0.05, 0) is 30.7 Å². The quantitative estimate of drug-likeness (QED) is 0.305. The van der Waals surface area contributed by atoms with Crippen LogP contribution in [0.5, 0.6) is 0 Å². The van der Waals surface area contributed by atoms with E-state index >= 15 is 0 Å². The van der Waals surface area contributed by atoms with E-state index in [1.54, 1.807) is 18.4 Å². The summed E-state index contributed by atoms with van der Waals surface area (Å²) in [5.74, 6) is 0.660. The molecule has 0 radical (unpaired) electrons. The number of unbranched alkanes of at least 4 members (excludes halogenated alkanes) is 1. The second-order valence-corrected chi connectivity index (χ2v) is 4.95. The molecule has 0 saturated heterocycles. The third kappa shape index (κ3) is 6.55. The second-order valence-electron chi connectivity index (χ2n) is 4.95. The van der Waals surface area contributed by atoms with Crippen molar-refractivity contribution in [3.8, 4) is 11.5 Å². The van der Waals surface area contributed by atoms with Gasteiger partial charge in [0.05, 0.1) is 5.69 Å². The molecule has 0 fully saturated rings. The fourth-order valence-electron chi connectivity index (χ4n) is 1.88. The summed E-state index contributed by atoms with van der Waals surface area (Å²) in [7, 11) is 0. The van der Waals surface area contributed by atoms with Crippen molar-refractivity contribution in [3.63, 3.8) is 0 Å². The van der Waals surface area contributed by atoms with Crippen LogP contribution in [0, 0.1) is 5.82 Å². The molecule has 0 bridgehead atoms. The van der Waals surface area contributed by atoms with Crippen molar-refractivity contribution in [2.45, 2.75) is 26.2 Å². The van der Waals surface area contributed by atoms with Gasteiger partial charge in [0.15, 0.2) is 5.96 Å². The number of guanidine groups is 1. The van der Waals surface area contributed by atoms with Crippen LogP contribution >= 0.6 is 24.0 Å². The summed E-state index contributed by atoms with van der Waals surface area (Å²) in [4.78, 5) is 8.58. The largest absolute Gasteiger partial charge is 0.444 e. The van der Waals surface area contributed by atoms with Crippen molar-refractivity contribution in [3.05, 3.63) is 42.0 Å². The highest BCUT2D eigenvalue weighted by molar-refractivity contribution is 14.0. The maximum Gasteiger partial charge on any atom is 0.226 e. The zero-order valence-corrected chi connectivity index (χ0v) is 15.4. The fraction of sp³-hybridized carbons (Fsp3) is 0.375. The minimum absolute atomic E-state index is 0. The topological polar surface area (TPSA) is 76.4 Å². The number of rotatable bonds is 7. The number of nitrogens with one attached hydrogen (secondary N) is 1. The third-order valence-corrected chi connectivity index (χ3v) is 3.12. The lowest BCUT2D eigenvalue weighted by Crippen LogP contribution is -2.33. The Bertz CT molecular complexity index is 613. The van der Waals surface area contributed by atoms with E-state index in [0.717, 1.165) is 30.6 Å². The smallest absolute Gasteiger partial charge is 0.226 e. The molecule has 3 N–H and O–H groups in total. The molecule has 1 aromatic heterocycles. The van der Waals surface area contributed by atoms with Crippen molar-refractivity contribution in [1.82, 2.24) is 10.3 Å². The van der Waals surface area contributed by atoms with E-state index in [2.05, 4.69) is 22.2 Å². The van der Waals surface area contributed by atoms with Gasteiger partial charge < -0.3 is 15.5 Å². The van der Waals surface area contributed by atoms with E-state index < -0.39 is 0 Å². The van der Waals surface area contributed by atoms with Crippen molar-refractivity contribution < 1.29 is 8.81 Å². The van der Waals surface area contributed by atoms with E-state index in [1.807, 2.05) is 0 Å². The minimum Gasteiger partial charge on any atom is -0.444 e. The molecule has 0 saturated carbocycles. The van der Waals surface area contributed by atoms with Gasteiger partial charge in [-0.2, -0.15) is 0 Å². The molecule has 5 nitrogen and oxygen atoms in total. The Labute approximate surface area is 152 Å². The number of aliphatic imine (C=N–C) groups is 1. The van der Waals surface area contributed by atoms with Crippen LogP contribution < -0.4 is 11.1 Å². The number of hydrogen-bond donors (Lipinski definition) is 2. The predicted octanol–water partition coefficient (Wildman–Crippen LogP) is 3.35. The lowest BCUT2D eigenvalue weighted by molar-refractivity contribution is 0.571. The summed E-state index contributed by atoms with van der Waals surface area (Å²) < 4.78 is 18.3. The maximum absolute atomic E-state index is 12.9. The molecule has 0 aliphatic heterocycles. The van der Waals surface area contributed by atoms with Crippen LogP contribution in [0.4, 0.5) is 4.39 Å². The van der Waals surface area contributed by atoms with Gasteiger partial charge in [-0.1, -0.05) is 13.3 Å². The Balaban J connectivity index is 0.00000264. The van der Waals surface area contributed by atoms with Crippen molar-refractivity contribution >= 4 is 29.9 Å². The van der Waals surface area contributed by atoms with Gasteiger partial charge in [0.25, 0.3) is 0 Å². The first-order valence-corrected chi connectivity index (χ1v) is 7.43. The Kier molecular flexibility index (Phi) is 8.60. The number of nitrogens with two attached hydrogens (primary N) is 1. The standard InChI is InChI=1S/C16H21FN4O.HI/c1-2-3-9-19-16(18)20-10-8-14-11-22-15(21-14)12-4-6-13(17)7-5-12;/h4-7,11H,2-3,8-10H2,1H3,(H3,18,19,20);1H. The highest BCUT2D eigenvalue weighted by atomic mass is 127. The van der Waals surface area contributed by atoms with Crippen molar-refractivity contribution in [1.29, 1.82) is 0 Å². The minimum atomic E-state index is -0.280. The Hall–Kier alpha value is -1.64. The second kappa shape index (κ2) is 10.2.